The highest BCUT2D eigenvalue weighted by molar-refractivity contribution is 4.85. The Morgan fingerprint density at radius 2 is 2.00 bits per heavy atom. The normalized spacial score (nSPS) is 30.9. The van der Waals surface area contributed by atoms with Crippen LogP contribution in [-0.4, -0.2) is 26.4 Å². The Hall–Kier alpha value is -0.0800. The molecule has 0 aliphatic carbocycles. The number of ether oxygens (including phenoxy) is 2. The molecule has 2 nitrogen and oxygen atoms in total. The Kier molecular flexibility index (Phi) is 1.46. The highest BCUT2D eigenvalue weighted by Crippen LogP contribution is 2.35. The molecule has 2 heterocycles. The minimum atomic E-state index is 0.494. The molecule has 0 amide bonds. The van der Waals surface area contributed by atoms with Crippen LogP contribution < -0.4 is 0 Å². The largest absolute Gasteiger partial charge is 0.381 e. The Morgan fingerprint density at radius 1 is 1.30 bits per heavy atom. The van der Waals surface area contributed by atoms with E-state index in [0.717, 1.165) is 32.3 Å². The van der Waals surface area contributed by atoms with Crippen LogP contribution in [0.25, 0.3) is 0 Å². The van der Waals surface area contributed by atoms with Crippen LogP contribution in [0.1, 0.15) is 13.3 Å². The van der Waals surface area contributed by atoms with Gasteiger partial charge in [-0.25, -0.2) is 0 Å². The summed E-state index contributed by atoms with van der Waals surface area (Å²) in [5, 5.41) is 0. The fraction of sp³-hybridized carbons (Fsp3) is 1.00. The highest BCUT2D eigenvalue weighted by atomic mass is 16.5. The van der Waals surface area contributed by atoms with Crippen molar-refractivity contribution in [1.82, 2.24) is 0 Å². The van der Waals surface area contributed by atoms with E-state index in [1.54, 1.807) is 0 Å². The summed E-state index contributed by atoms with van der Waals surface area (Å²) in [5.41, 5.74) is 0.494. The molecule has 0 aromatic heterocycles. The highest BCUT2D eigenvalue weighted by Gasteiger charge is 2.37. The van der Waals surface area contributed by atoms with Gasteiger partial charge in [-0.05, 0) is 6.42 Å². The van der Waals surface area contributed by atoms with Crippen molar-refractivity contribution in [3.63, 3.8) is 0 Å². The van der Waals surface area contributed by atoms with Crippen LogP contribution in [0.2, 0.25) is 0 Å². The van der Waals surface area contributed by atoms with Crippen LogP contribution in [0.3, 0.4) is 0 Å². The molecule has 10 heavy (non-hydrogen) atoms. The lowest BCUT2D eigenvalue weighted by Crippen LogP contribution is -2.44. The minimum Gasteiger partial charge on any atom is -0.381 e. The molecule has 0 radical (unpaired) electrons. The maximum absolute atomic E-state index is 5.17. The summed E-state index contributed by atoms with van der Waals surface area (Å²) >= 11 is 0. The standard InChI is InChI=1S/C8H14O2/c1-8(5-10-6-8)2-7-3-9-4-7/h7H,2-6H2,1H3. The van der Waals surface area contributed by atoms with Crippen molar-refractivity contribution >= 4 is 0 Å². The van der Waals surface area contributed by atoms with Crippen LogP contribution in [-0.2, 0) is 9.47 Å². The van der Waals surface area contributed by atoms with Crippen molar-refractivity contribution in [2.75, 3.05) is 26.4 Å². The fourth-order valence-corrected chi connectivity index (χ4v) is 1.67. The lowest BCUT2D eigenvalue weighted by molar-refractivity contribution is -0.140. The zero-order chi connectivity index (χ0) is 7.03. The third-order valence-electron chi connectivity index (χ3n) is 2.39. The molecule has 0 aromatic carbocycles. The van der Waals surface area contributed by atoms with Crippen molar-refractivity contribution < 1.29 is 9.47 Å². The average Bonchev–Trinajstić information content (AvgIpc) is 1.74. The maximum Gasteiger partial charge on any atom is 0.0542 e. The molecular weight excluding hydrogens is 128 g/mol. The molecule has 2 rings (SSSR count). The zero-order valence-corrected chi connectivity index (χ0v) is 6.43. The predicted octanol–water partition coefficient (Wildman–Crippen LogP) is 1.06. The van der Waals surface area contributed by atoms with Gasteiger partial charge >= 0.3 is 0 Å². The molecule has 0 atom stereocenters. The predicted molar refractivity (Wildman–Crippen MR) is 37.9 cm³/mol. The van der Waals surface area contributed by atoms with Crippen molar-refractivity contribution in [3.8, 4) is 0 Å². The van der Waals surface area contributed by atoms with Gasteiger partial charge in [0.15, 0.2) is 0 Å². The summed E-state index contributed by atoms with van der Waals surface area (Å²) in [6.45, 7) is 6.19. The summed E-state index contributed by atoms with van der Waals surface area (Å²) < 4.78 is 10.3. The van der Waals surface area contributed by atoms with Crippen molar-refractivity contribution in [1.29, 1.82) is 0 Å². The molecule has 0 bridgehead atoms. The molecule has 0 unspecified atom stereocenters. The van der Waals surface area contributed by atoms with Crippen LogP contribution >= 0.6 is 0 Å². The van der Waals surface area contributed by atoms with Gasteiger partial charge in [0, 0.05) is 11.3 Å². The van der Waals surface area contributed by atoms with Gasteiger partial charge in [-0.3, -0.25) is 0 Å². The van der Waals surface area contributed by atoms with Gasteiger partial charge in [-0.15, -0.1) is 0 Å². The molecule has 0 spiro atoms. The SMILES string of the molecule is CC1(CC2COC2)COC1. The Bertz CT molecular complexity index is 125. The van der Waals surface area contributed by atoms with E-state index in [2.05, 4.69) is 6.92 Å². The van der Waals surface area contributed by atoms with Gasteiger partial charge in [-0.1, -0.05) is 6.92 Å². The molecule has 0 N–H and O–H groups in total. The second-order valence-electron chi connectivity index (χ2n) is 3.91. The zero-order valence-electron chi connectivity index (χ0n) is 6.43. The third-order valence-corrected chi connectivity index (χ3v) is 2.39. The molecule has 2 fully saturated rings. The van der Waals surface area contributed by atoms with Gasteiger partial charge < -0.3 is 9.47 Å². The van der Waals surface area contributed by atoms with Gasteiger partial charge in [0.1, 0.15) is 0 Å². The van der Waals surface area contributed by atoms with E-state index in [9.17, 15) is 0 Å². The molecule has 2 heteroatoms. The maximum atomic E-state index is 5.17. The van der Waals surface area contributed by atoms with Crippen molar-refractivity contribution in [3.05, 3.63) is 0 Å². The first-order chi connectivity index (χ1) is 4.79. The number of rotatable bonds is 2. The topological polar surface area (TPSA) is 18.5 Å². The lowest BCUT2D eigenvalue weighted by Gasteiger charge is -2.42. The monoisotopic (exact) mass is 142 g/mol. The molecule has 2 aliphatic heterocycles. The molecular formula is C8H14O2. The summed E-state index contributed by atoms with van der Waals surface area (Å²) in [6.07, 6.45) is 1.30. The van der Waals surface area contributed by atoms with Crippen molar-refractivity contribution in [2.45, 2.75) is 13.3 Å². The first kappa shape index (κ1) is 6.62. The number of hydrogen-bond donors (Lipinski definition) is 0. The van der Waals surface area contributed by atoms with E-state index >= 15 is 0 Å². The lowest BCUT2D eigenvalue weighted by atomic mass is 9.79. The van der Waals surface area contributed by atoms with E-state index in [4.69, 9.17) is 9.47 Å². The first-order valence-corrected chi connectivity index (χ1v) is 3.94. The first-order valence-electron chi connectivity index (χ1n) is 3.94. The van der Waals surface area contributed by atoms with E-state index in [0.29, 0.717) is 5.41 Å². The van der Waals surface area contributed by atoms with Crippen molar-refractivity contribution in [2.24, 2.45) is 11.3 Å². The summed E-state index contributed by atoms with van der Waals surface area (Å²) in [5.74, 6) is 0.828. The quantitative estimate of drug-likeness (QED) is 0.574. The van der Waals surface area contributed by atoms with E-state index in [1.165, 1.54) is 6.42 Å². The third kappa shape index (κ3) is 1.06. The molecule has 0 saturated carbocycles. The smallest absolute Gasteiger partial charge is 0.0542 e. The van der Waals surface area contributed by atoms with Crippen LogP contribution in [0.15, 0.2) is 0 Å². The van der Waals surface area contributed by atoms with Gasteiger partial charge in [0.25, 0.3) is 0 Å². The Balaban J connectivity index is 1.77. The molecule has 0 aromatic rings. The van der Waals surface area contributed by atoms with Gasteiger partial charge in [0.2, 0.25) is 0 Å². The number of hydrogen-bond acceptors (Lipinski definition) is 2. The second kappa shape index (κ2) is 2.21. The fourth-order valence-electron chi connectivity index (χ4n) is 1.67. The molecule has 2 aliphatic rings. The average molecular weight is 142 g/mol. The summed E-state index contributed by atoms with van der Waals surface area (Å²) in [7, 11) is 0. The summed E-state index contributed by atoms with van der Waals surface area (Å²) in [4.78, 5) is 0. The van der Waals surface area contributed by atoms with Gasteiger partial charge in [0.05, 0.1) is 26.4 Å². The second-order valence-corrected chi connectivity index (χ2v) is 3.91. The van der Waals surface area contributed by atoms with Crippen LogP contribution in [0, 0.1) is 11.3 Å². The summed E-state index contributed by atoms with van der Waals surface area (Å²) in [6, 6.07) is 0. The Morgan fingerprint density at radius 3 is 2.30 bits per heavy atom. The molecule has 2 saturated heterocycles. The van der Waals surface area contributed by atoms with Crippen LogP contribution in [0.4, 0.5) is 0 Å². The van der Waals surface area contributed by atoms with E-state index < -0.39 is 0 Å². The Labute approximate surface area is 61.5 Å². The molecule has 58 valence electrons. The van der Waals surface area contributed by atoms with Gasteiger partial charge in [-0.2, -0.15) is 0 Å². The van der Waals surface area contributed by atoms with E-state index in [-0.39, 0.29) is 0 Å². The van der Waals surface area contributed by atoms with Crippen LogP contribution in [0.5, 0.6) is 0 Å². The van der Waals surface area contributed by atoms with E-state index in [1.807, 2.05) is 0 Å². The minimum absolute atomic E-state index is 0.494.